The number of ketones is 1. The summed E-state index contributed by atoms with van der Waals surface area (Å²) in [5.74, 6) is 0.0966. The van der Waals surface area contributed by atoms with Crippen molar-refractivity contribution in [3.05, 3.63) is 0 Å². The van der Waals surface area contributed by atoms with Gasteiger partial charge in [0, 0.05) is 14.0 Å². The predicted molar refractivity (Wildman–Crippen MR) is 38.9 cm³/mol. The van der Waals surface area contributed by atoms with Crippen LogP contribution in [0.3, 0.4) is 0 Å². The summed E-state index contributed by atoms with van der Waals surface area (Å²) in [4.78, 5) is 14.5. The van der Waals surface area contributed by atoms with Crippen LogP contribution in [0.4, 0.5) is 0 Å². The van der Waals surface area contributed by atoms with Gasteiger partial charge < -0.3 is 0 Å². The van der Waals surface area contributed by atoms with Crippen molar-refractivity contribution in [1.82, 2.24) is 0 Å². The molecule has 0 aromatic carbocycles. The van der Waals surface area contributed by atoms with Gasteiger partial charge in [-0.2, -0.15) is 0 Å². The predicted octanol–water partition coefficient (Wildman–Crippen LogP) is 1.45. The molecule has 2 nitrogen and oxygen atoms in total. The topological polar surface area (TPSA) is 29.4 Å². The van der Waals surface area contributed by atoms with Crippen LogP contribution in [0.2, 0.25) is 0 Å². The molecule has 0 aliphatic heterocycles. The fourth-order valence-electron chi connectivity index (χ4n) is 0.682. The lowest BCUT2D eigenvalue weighted by Gasteiger charge is -1.95. The van der Waals surface area contributed by atoms with Gasteiger partial charge in [0.15, 0.2) is 5.78 Å². The van der Waals surface area contributed by atoms with Crippen molar-refractivity contribution in [2.24, 2.45) is 4.99 Å². The number of carbonyl (C=O) groups excluding carboxylic acids is 1. The van der Waals surface area contributed by atoms with Gasteiger partial charge >= 0.3 is 0 Å². The lowest BCUT2D eigenvalue weighted by Crippen LogP contribution is -2.08. The molecule has 0 unspecified atom stereocenters. The van der Waals surface area contributed by atoms with Gasteiger partial charge in [0.2, 0.25) is 0 Å². The van der Waals surface area contributed by atoms with Crippen molar-refractivity contribution in [3.8, 4) is 0 Å². The SMILES string of the molecule is CCCC(=NC)C(C)=O. The molecule has 0 saturated carbocycles. The average Bonchev–Trinajstić information content (AvgIpc) is 1.82. The first-order chi connectivity index (χ1) is 4.22. The van der Waals surface area contributed by atoms with E-state index in [1.54, 1.807) is 14.0 Å². The van der Waals surface area contributed by atoms with E-state index in [0.29, 0.717) is 5.71 Å². The van der Waals surface area contributed by atoms with Crippen LogP contribution in [0.15, 0.2) is 4.99 Å². The van der Waals surface area contributed by atoms with Crippen LogP contribution in [0.5, 0.6) is 0 Å². The standard InChI is InChI=1S/C7H13NO/c1-4-5-7(8-3)6(2)9/h4-5H2,1-3H3. The first kappa shape index (κ1) is 8.34. The highest BCUT2D eigenvalue weighted by Gasteiger charge is 2.00. The van der Waals surface area contributed by atoms with E-state index in [2.05, 4.69) is 4.99 Å². The first-order valence-electron chi connectivity index (χ1n) is 3.19. The third kappa shape index (κ3) is 3.01. The number of aliphatic imine (C=N–C) groups is 1. The third-order valence-corrected chi connectivity index (χ3v) is 1.16. The van der Waals surface area contributed by atoms with Crippen molar-refractivity contribution in [1.29, 1.82) is 0 Å². The lowest BCUT2D eigenvalue weighted by molar-refractivity contribution is -0.111. The summed E-state index contributed by atoms with van der Waals surface area (Å²) in [7, 11) is 1.66. The van der Waals surface area contributed by atoms with Crippen LogP contribution in [-0.4, -0.2) is 18.5 Å². The van der Waals surface area contributed by atoms with E-state index in [1.165, 1.54) is 0 Å². The average molecular weight is 127 g/mol. The molecule has 0 radical (unpaired) electrons. The van der Waals surface area contributed by atoms with Crippen LogP contribution in [0, 0.1) is 0 Å². The van der Waals surface area contributed by atoms with Gasteiger partial charge in [0.25, 0.3) is 0 Å². The molecular formula is C7H13NO. The molecule has 0 spiro atoms. The van der Waals surface area contributed by atoms with Gasteiger partial charge in [-0.1, -0.05) is 13.3 Å². The Bertz CT molecular complexity index is 127. The van der Waals surface area contributed by atoms with Crippen molar-refractivity contribution in [2.45, 2.75) is 26.7 Å². The molecule has 0 saturated heterocycles. The van der Waals surface area contributed by atoms with E-state index in [0.717, 1.165) is 12.8 Å². The molecular weight excluding hydrogens is 114 g/mol. The Morgan fingerprint density at radius 3 is 2.22 bits per heavy atom. The van der Waals surface area contributed by atoms with Crippen molar-refractivity contribution < 1.29 is 4.79 Å². The van der Waals surface area contributed by atoms with Crippen molar-refractivity contribution in [3.63, 3.8) is 0 Å². The largest absolute Gasteiger partial charge is 0.293 e. The molecule has 0 aliphatic rings. The second kappa shape index (κ2) is 4.24. The van der Waals surface area contributed by atoms with Gasteiger partial charge in [-0.05, 0) is 6.42 Å². The zero-order valence-corrected chi connectivity index (χ0v) is 6.27. The maximum Gasteiger partial charge on any atom is 0.173 e. The number of Topliss-reactive ketones (excluding diaryl/α,β-unsaturated/α-hetero) is 1. The highest BCUT2D eigenvalue weighted by molar-refractivity contribution is 6.38. The molecule has 2 heteroatoms. The molecule has 0 heterocycles. The van der Waals surface area contributed by atoms with E-state index in [9.17, 15) is 4.79 Å². The molecule has 0 atom stereocenters. The fourth-order valence-corrected chi connectivity index (χ4v) is 0.682. The van der Waals surface area contributed by atoms with Gasteiger partial charge in [-0.25, -0.2) is 0 Å². The van der Waals surface area contributed by atoms with Crippen LogP contribution < -0.4 is 0 Å². The van der Waals surface area contributed by atoms with Crippen molar-refractivity contribution >= 4 is 11.5 Å². The molecule has 0 aliphatic carbocycles. The Morgan fingerprint density at radius 2 is 2.11 bits per heavy atom. The minimum absolute atomic E-state index is 0.0966. The maximum atomic E-state index is 10.6. The summed E-state index contributed by atoms with van der Waals surface area (Å²) in [6, 6.07) is 0. The van der Waals surface area contributed by atoms with Gasteiger partial charge in [-0.15, -0.1) is 0 Å². The van der Waals surface area contributed by atoms with E-state index < -0.39 is 0 Å². The highest BCUT2D eigenvalue weighted by Crippen LogP contribution is 1.92. The number of rotatable bonds is 3. The number of hydrogen-bond acceptors (Lipinski definition) is 2. The van der Waals surface area contributed by atoms with Crippen molar-refractivity contribution in [2.75, 3.05) is 7.05 Å². The molecule has 0 aromatic rings. The Labute approximate surface area is 56.0 Å². The molecule has 9 heavy (non-hydrogen) atoms. The summed E-state index contributed by atoms with van der Waals surface area (Å²) in [5.41, 5.74) is 0.706. The number of hydrogen-bond donors (Lipinski definition) is 0. The summed E-state index contributed by atoms with van der Waals surface area (Å²) >= 11 is 0. The lowest BCUT2D eigenvalue weighted by atomic mass is 10.2. The van der Waals surface area contributed by atoms with E-state index in [-0.39, 0.29) is 5.78 Å². The monoisotopic (exact) mass is 127 g/mol. The Hall–Kier alpha value is -0.660. The summed E-state index contributed by atoms with van der Waals surface area (Å²) in [6.07, 6.45) is 1.80. The fraction of sp³-hybridized carbons (Fsp3) is 0.714. The quantitative estimate of drug-likeness (QED) is 0.527. The highest BCUT2D eigenvalue weighted by atomic mass is 16.1. The maximum absolute atomic E-state index is 10.6. The molecule has 0 fully saturated rings. The summed E-state index contributed by atoms with van der Waals surface area (Å²) < 4.78 is 0. The summed E-state index contributed by atoms with van der Waals surface area (Å²) in [5, 5.41) is 0. The van der Waals surface area contributed by atoms with Gasteiger partial charge in [0.1, 0.15) is 0 Å². The zero-order valence-electron chi connectivity index (χ0n) is 6.27. The van der Waals surface area contributed by atoms with Crippen LogP contribution in [0.1, 0.15) is 26.7 Å². The Kier molecular flexibility index (Phi) is 3.93. The second-order valence-corrected chi connectivity index (χ2v) is 1.98. The molecule has 0 rings (SSSR count). The second-order valence-electron chi connectivity index (χ2n) is 1.98. The van der Waals surface area contributed by atoms with Gasteiger partial charge in [0.05, 0.1) is 5.71 Å². The minimum atomic E-state index is 0.0966. The Balaban J connectivity index is 3.85. The van der Waals surface area contributed by atoms with Gasteiger partial charge in [-0.3, -0.25) is 9.79 Å². The summed E-state index contributed by atoms with van der Waals surface area (Å²) in [6.45, 7) is 3.59. The van der Waals surface area contributed by atoms with E-state index in [1.807, 2.05) is 6.92 Å². The zero-order chi connectivity index (χ0) is 7.28. The molecule has 0 aromatic heterocycles. The van der Waals surface area contributed by atoms with Crippen LogP contribution >= 0.6 is 0 Å². The smallest absolute Gasteiger partial charge is 0.173 e. The number of carbonyl (C=O) groups is 1. The molecule has 52 valence electrons. The minimum Gasteiger partial charge on any atom is -0.293 e. The first-order valence-corrected chi connectivity index (χ1v) is 3.19. The molecule has 0 bridgehead atoms. The van der Waals surface area contributed by atoms with E-state index >= 15 is 0 Å². The van der Waals surface area contributed by atoms with Crippen LogP contribution in [0.25, 0.3) is 0 Å². The third-order valence-electron chi connectivity index (χ3n) is 1.16. The number of nitrogens with zero attached hydrogens (tertiary/aromatic N) is 1. The molecule has 0 N–H and O–H groups in total. The normalized spacial score (nSPS) is 11.7. The van der Waals surface area contributed by atoms with E-state index in [4.69, 9.17) is 0 Å². The molecule has 0 amide bonds. The van der Waals surface area contributed by atoms with Crippen LogP contribution in [-0.2, 0) is 4.79 Å². The Morgan fingerprint density at radius 1 is 1.56 bits per heavy atom.